The molecule has 2 rings (SSSR count). The van der Waals surface area contributed by atoms with Gasteiger partial charge in [0.05, 0.1) is 5.00 Å². The van der Waals surface area contributed by atoms with E-state index in [2.05, 4.69) is 5.32 Å². The van der Waals surface area contributed by atoms with E-state index in [1.165, 1.54) is 25.3 Å². The summed E-state index contributed by atoms with van der Waals surface area (Å²) in [6, 6.07) is 3.19. The highest BCUT2D eigenvalue weighted by atomic mass is 32.1. The normalized spacial score (nSPS) is 17.5. The highest BCUT2D eigenvalue weighted by Crippen LogP contribution is 2.26. The number of carboxylic acids is 1. The Kier molecular flexibility index (Phi) is 4.96. The maximum absolute atomic E-state index is 12.2. The van der Waals surface area contributed by atoms with Gasteiger partial charge in [0.25, 0.3) is 0 Å². The maximum Gasteiger partial charge on any atom is 0.345 e. The van der Waals surface area contributed by atoms with Gasteiger partial charge in [-0.3, -0.25) is 4.79 Å². The van der Waals surface area contributed by atoms with Gasteiger partial charge in [-0.25, -0.2) is 4.79 Å². The Morgan fingerprint density at radius 2 is 1.74 bits per heavy atom. The monoisotopic (exact) mass is 281 g/mol. The lowest BCUT2D eigenvalue weighted by atomic mass is 9.90. The first kappa shape index (κ1) is 14.1. The lowest BCUT2D eigenvalue weighted by Crippen LogP contribution is -2.23. The highest BCUT2D eigenvalue weighted by molar-refractivity contribution is 7.18. The first-order valence-electron chi connectivity index (χ1n) is 6.81. The van der Waals surface area contributed by atoms with E-state index in [0.717, 1.165) is 37.0 Å². The van der Waals surface area contributed by atoms with E-state index in [9.17, 15) is 9.59 Å². The number of anilines is 1. The van der Waals surface area contributed by atoms with Crippen LogP contribution in [0, 0.1) is 5.92 Å². The van der Waals surface area contributed by atoms with E-state index in [1.54, 1.807) is 6.07 Å². The van der Waals surface area contributed by atoms with Crippen LogP contribution >= 0.6 is 11.3 Å². The van der Waals surface area contributed by atoms with E-state index in [-0.39, 0.29) is 16.7 Å². The van der Waals surface area contributed by atoms with Crippen molar-refractivity contribution >= 4 is 28.2 Å². The van der Waals surface area contributed by atoms with Crippen LogP contribution in [0.3, 0.4) is 0 Å². The van der Waals surface area contributed by atoms with Crippen molar-refractivity contribution in [1.29, 1.82) is 0 Å². The molecule has 1 aliphatic rings. The molecule has 1 heterocycles. The summed E-state index contributed by atoms with van der Waals surface area (Å²) in [5, 5.41) is 12.3. The van der Waals surface area contributed by atoms with E-state index in [1.807, 2.05) is 0 Å². The average molecular weight is 281 g/mol. The number of rotatable bonds is 3. The summed E-state index contributed by atoms with van der Waals surface area (Å²) < 4.78 is 0. The summed E-state index contributed by atoms with van der Waals surface area (Å²) in [6.45, 7) is 0. The Morgan fingerprint density at radius 1 is 1.11 bits per heavy atom. The molecule has 1 aliphatic carbocycles. The van der Waals surface area contributed by atoms with Gasteiger partial charge in [0.1, 0.15) is 4.88 Å². The van der Waals surface area contributed by atoms with Crippen LogP contribution in [0.15, 0.2) is 12.1 Å². The first-order valence-corrected chi connectivity index (χ1v) is 7.62. The van der Waals surface area contributed by atoms with Crippen molar-refractivity contribution in [3.63, 3.8) is 0 Å². The van der Waals surface area contributed by atoms with Crippen LogP contribution in [0.25, 0.3) is 0 Å². The van der Waals surface area contributed by atoms with Crippen molar-refractivity contribution < 1.29 is 14.7 Å². The number of amides is 1. The van der Waals surface area contributed by atoms with Crippen molar-refractivity contribution in [2.24, 2.45) is 5.92 Å². The van der Waals surface area contributed by atoms with E-state index in [4.69, 9.17) is 5.11 Å². The largest absolute Gasteiger partial charge is 0.477 e. The summed E-state index contributed by atoms with van der Waals surface area (Å²) in [4.78, 5) is 23.2. The molecule has 0 bridgehead atoms. The molecule has 104 valence electrons. The number of hydrogen-bond acceptors (Lipinski definition) is 3. The third-order valence-corrected chi connectivity index (χ3v) is 4.53. The molecule has 0 aromatic carbocycles. The minimum atomic E-state index is -0.948. The quantitative estimate of drug-likeness (QED) is 0.886. The van der Waals surface area contributed by atoms with Crippen LogP contribution in [0.4, 0.5) is 5.00 Å². The van der Waals surface area contributed by atoms with Crippen molar-refractivity contribution in [2.75, 3.05) is 5.32 Å². The van der Waals surface area contributed by atoms with Crippen LogP contribution < -0.4 is 5.32 Å². The predicted molar refractivity (Wildman–Crippen MR) is 75.7 cm³/mol. The number of hydrogen-bond donors (Lipinski definition) is 2. The Hall–Kier alpha value is -1.36. The summed E-state index contributed by atoms with van der Waals surface area (Å²) in [7, 11) is 0. The van der Waals surface area contributed by atoms with Gasteiger partial charge >= 0.3 is 5.97 Å². The topological polar surface area (TPSA) is 66.4 Å². The van der Waals surface area contributed by atoms with Gasteiger partial charge < -0.3 is 10.4 Å². The number of thiophene rings is 1. The second kappa shape index (κ2) is 6.70. The minimum Gasteiger partial charge on any atom is -0.477 e. The van der Waals surface area contributed by atoms with E-state index in [0.29, 0.717) is 5.00 Å². The van der Waals surface area contributed by atoms with Gasteiger partial charge in [-0.15, -0.1) is 11.3 Å². The molecule has 0 radical (unpaired) electrons. The predicted octanol–water partition coefficient (Wildman–Crippen LogP) is 3.75. The molecule has 19 heavy (non-hydrogen) atoms. The summed E-state index contributed by atoms with van der Waals surface area (Å²) in [5.74, 6) is -0.826. The van der Waals surface area contributed by atoms with Gasteiger partial charge in [-0.2, -0.15) is 0 Å². The Morgan fingerprint density at radius 3 is 2.32 bits per heavy atom. The molecule has 1 aromatic rings. The molecule has 5 heteroatoms. The molecule has 2 N–H and O–H groups in total. The first-order chi connectivity index (χ1) is 9.16. The van der Waals surface area contributed by atoms with Crippen LogP contribution in [-0.2, 0) is 4.79 Å². The lowest BCUT2D eigenvalue weighted by Gasteiger charge is -2.18. The number of carbonyl (C=O) groups excluding carboxylic acids is 1. The van der Waals surface area contributed by atoms with Crippen molar-refractivity contribution in [3.05, 3.63) is 17.0 Å². The summed E-state index contributed by atoms with van der Waals surface area (Å²) in [6.07, 6.45) is 7.83. The Balaban J connectivity index is 1.92. The fourth-order valence-corrected chi connectivity index (χ4v) is 3.21. The standard InChI is InChI=1S/C14H19NO3S/c16-13(10-6-4-2-1-3-5-7-10)15-12-9-8-11(19-12)14(17)18/h8-10H,1-7H2,(H,15,16)(H,17,18). The molecule has 1 saturated carbocycles. The van der Waals surface area contributed by atoms with Crippen molar-refractivity contribution in [2.45, 2.75) is 44.9 Å². The zero-order valence-electron chi connectivity index (χ0n) is 10.9. The molecule has 0 aliphatic heterocycles. The van der Waals surface area contributed by atoms with Gasteiger partial charge in [0, 0.05) is 5.92 Å². The molecule has 0 unspecified atom stereocenters. The molecular weight excluding hydrogens is 262 g/mol. The van der Waals surface area contributed by atoms with Gasteiger partial charge in [0.2, 0.25) is 5.91 Å². The molecular formula is C14H19NO3S. The number of carbonyl (C=O) groups is 2. The van der Waals surface area contributed by atoms with Gasteiger partial charge in [0.15, 0.2) is 0 Å². The molecule has 0 atom stereocenters. The summed E-state index contributed by atoms with van der Waals surface area (Å²) in [5.41, 5.74) is 0. The van der Waals surface area contributed by atoms with Crippen LogP contribution in [-0.4, -0.2) is 17.0 Å². The fourth-order valence-electron chi connectivity index (χ4n) is 2.46. The van der Waals surface area contributed by atoms with Gasteiger partial charge in [-0.1, -0.05) is 32.1 Å². The SMILES string of the molecule is O=C(O)c1ccc(NC(=O)C2CCCCCCC2)s1. The molecule has 1 amide bonds. The zero-order chi connectivity index (χ0) is 13.7. The minimum absolute atomic E-state index is 0.0423. The van der Waals surface area contributed by atoms with Crippen LogP contribution in [0.1, 0.15) is 54.6 Å². The van der Waals surface area contributed by atoms with Crippen molar-refractivity contribution in [3.8, 4) is 0 Å². The number of carboxylic acid groups (broad SMARTS) is 1. The zero-order valence-corrected chi connectivity index (χ0v) is 11.7. The smallest absolute Gasteiger partial charge is 0.345 e. The van der Waals surface area contributed by atoms with Crippen molar-refractivity contribution in [1.82, 2.24) is 0 Å². The lowest BCUT2D eigenvalue weighted by molar-refractivity contribution is -0.120. The number of nitrogens with one attached hydrogen (secondary N) is 1. The third kappa shape index (κ3) is 4.06. The fraction of sp³-hybridized carbons (Fsp3) is 0.571. The number of aromatic carboxylic acids is 1. The second-order valence-electron chi connectivity index (χ2n) is 5.00. The molecule has 1 aromatic heterocycles. The highest BCUT2D eigenvalue weighted by Gasteiger charge is 2.20. The van der Waals surface area contributed by atoms with Gasteiger partial charge in [-0.05, 0) is 25.0 Å². The van der Waals surface area contributed by atoms with Crippen LogP contribution in [0.5, 0.6) is 0 Å². The Labute approximate surface area is 116 Å². The maximum atomic E-state index is 12.2. The molecule has 4 nitrogen and oxygen atoms in total. The van der Waals surface area contributed by atoms with Crippen LogP contribution in [0.2, 0.25) is 0 Å². The third-order valence-electron chi connectivity index (χ3n) is 3.54. The molecule has 0 saturated heterocycles. The van der Waals surface area contributed by atoms with E-state index < -0.39 is 5.97 Å². The second-order valence-corrected chi connectivity index (χ2v) is 6.08. The summed E-state index contributed by atoms with van der Waals surface area (Å²) >= 11 is 1.11. The van der Waals surface area contributed by atoms with E-state index >= 15 is 0 Å². The molecule has 0 spiro atoms. The Bertz CT molecular complexity index is 447. The molecule has 1 fully saturated rings. The average Bonchev–Trinajstić information content (AvgIpc) is 2.76.